The van der Waals surface area contributed by atoms with Crippen molar-refractivity contribution in [2.45, 2.75) is 45.6 Å². The first-order chi connectivity index (χ1) is 14.4. The molecule has 2 aromatic carbocycles. The van der Waals surface area contributed by atoms with Crippen LogP contribution >= 0.6 is 11.6 Å². The van der Waals surface area contributed by atoms with Crippen LogP contribution in [0.2, 0.25) is 5.02 Å². The Morgan fingerprint density at radius 3 is 2.50 bits per heavy atom. The number of benzene rings is 2. The van der Waals surface area contributed by atoms with E-state index in [1.807, 2.05) is 12.1 Å². The first-order valence-electron chi connectivity index (χ1n) is 10.6. The Hall–Kier alpha value is -2.53. The summed E-state index contributed by atoms with van der Waals surface area (Å²) in [5, 5.41) is 9.36. The number of fused-ring (bicyclic) bond motifs is 1. The number of ether oxygens (including phenoxy) is 1. The maximum absolute atomic E-state index is 12.6. The van der Waals surface area contributed by atoms with Gasteiger partial charge in [-0.25, -0.2) is 0 Å². The topological polar surface area (TPSA) is 56.1 Å². The number of nitrogens with one attached hydrogen (secondary N) is 1. The number of carbonyl (C=O) groups excluding carboxylic acids is 1. The monoisotopic (exact) mass is 425 g/mol. The summed E-state index contributed by atoms with van der Waals surface area (Å²) in [4.78, 5) is 12.6. The standard InChI is InChI=1S/C24H28ClN3O2/c1-15(2)16-6-10-20(11-7-16)28-14-18-12-22(23(30-3)13-21(18)27-28)26-24(29)17-4-8-19(25)9-5-17/h4-5,8-9,12-16,20H,6-7,10-11H2,1-3H3,(H,26,29)/t16-,20-. The molecule has 1 heterocycles. The molecule has 3 aromatic rings. The first kappa shape index (κ1) is 20.7. The molecular weight excluding hydrogens is 398 g/mol. The number of hydrogen-bond acceptors (Lipinski definition) is 3. The zero-order chi connectivity index (χ0) is 21.3. The highest BCUT2D eigenvalue weighted by Gasteiger charge is 2.25. The SMILES string of the molecule is COc1cc2nn([C@H]3CC[C@H](C(C)C)CC3)cc2cc1NC(=O)c1ccc(Cl)cc1. The van der Waals surface area contributed by atoms with Gasteiger partial charge in [-0.3, -0.25) is 9.48 Å². The zero-order valence-electron chi connectivity index (χ0n) is 17.7. The van der Waals surface area contributed by atoms with Crippen LogP contribution in [0.3, 0.4) is 0 Å². The molecule has 0 unspecified atom stereocenters. The van der Waals surface area contributed by atoms with E-state index in [2.05, 4.69) is 30.0 Å². The van der Waals surface area contributed by atoms with E-state index in [4.69, 9.17) is 21.4 Å². The molecule has 0 atom stereocenters. The van der Waals surface area contributed by atoms with E-state index in [0.29, 0.717) is 28.1 Å². The number of methoxy groups -OCH3 is 1. The van der Waals surface area contributed by atoms with Crippen LogP contribution in [-0.4, -0.2) is 22.8 Å². The van der Waals surface area contributed by atoms with Gasteiger partial charge in [-0.15, -0.1) is 0 Å². The average molecular weight is 426 g/mol. The van der Waals surface area contributed by atoms with Gasteiger partial charge in [-0.05, 0) is 67.9 Å². The minimum Gasteiger partial charge on any atom is -0.494 e. The van der Waals surface area contributed by atoms with E-state index in [-0.39, 0.29) is 5.91 Å². The summed E-state index contributed by atoms with van der Waals surface area (Å²) in [7, 11) is 1.60. The molecule has 1 aromatic heterocycles. The molecule has 0 spiro atoms. The zero-order valence-corrected chi connectivity index (χ0v) is 18.4. The average Bonchev–Trinajstić information content (AvgIpc) is 3.16. The maximum atomic E-state index is 12.6. The van der Waals surface area contributed by atoms with E-state index < -0.39 is 0 Å². The van der Waals surface area contributed by atoms with Gasteiger partial charge in [0.2, 0.25) is 0 Å². The highest BCUT2D eigenvalue weighted by Crippen LogP contribution is 2.37. The molecule has 1 saturated carbocycles. The van der Waals surface area contributed by atoms with Gasteiger partial charge in [0.1, 0.15) is 5.75 Å². The summed E-state index contributed by atoms with van der Waals surface area (Å²) >= 11 is 5.92. The maximum Gasteiger partial charge on any atom is 0.255 e. The highest BCUT2D eigenvalue weighted by molar-refractivity contribution is 6.30. The van der Waals surface area contributed by atoms with Crippen LogP contribution in [0.25, 0.3) is 10.9 Å². The number of nitrogens with zero attached hydrogens (tertiary/aromatic N) is 2. The molecule has 4 rings (SSSR count). The van der Waals surface area contributed by atoms with Gasteiger partial charge in [0.05, 0.1) is 24.4 Å². The normalized spacial score (nSPS) is 19.2. The van der Waals surface area contributed by atoms with Crippen LogP contribution in [0.1, 0.15) is 55.9 Å². The minimum absolute atomic E-state index is 0.205. The Morgan fingerprint density at radius 1 is 1.17 bits per heavy atom. The number of rotatable bonds is 5. The number of amides is 1. The Morgan fingerprint density at radius 2 is 1.87 bits per heavy atom. The molecule has 30 heavy (non-hydrogen) atoms. The molecule has 0 radical (unpaired) electrons. The summed E-state index contributed by atoms with van der Waals surface area (Å²) < 4.78 is 7.62. The van der Waals surface area contributed by atoms with Crippen LogP contribution < -0.4 is 10.1 Å². The molecule has 1 aliphatic rings. The van der Waals surface area contributed by atoms with Crippen LogP contribution in [-0.2, 0) is 0 Å². The lowest BCUT2D eigenvalue weighted by Gasteiger charge is -2.30. The smallest absolute Gasteiger partial charge is 0.255 e. The van der Waals surface area contributed by atoms with Gasteiger partial charge in [0.25, 0.3) is 5.91 Å². The number of carbonyl (C=O) groups is 1. The van der Waals surface area contributed by atoms with Crippen molar-refractivity contribution in [1.82, 2.24) is 9.78 Å². The Kier molecular flexibility index (Phi) is 6.00. The first-order valence-corrected chi connectivity index (χ1v) is 11.0. The summed E-state index contributed by atoms with van der Waals surface area (Å²) in [6.45, 7) is 4.64. The Labute approximate surface area is 182 Å². The molecular formula is C24H28ClN3O2. The van der Waals surface area contributed by atoms with Crippen molar-refractivity contribution >= 4 is 34.1 Å². The molecule has 6 heteroatoms. The van der Waals surface area contributed by atoms with E-state index in [1.165, 1.54) is 12.8 Å². The number of halogens is 1. The van der Waals surface area contributed by atoms with Crippen LogP contribution in [0.5, 0.6) is 5.75 Å². The van der Waals surface area contributed by atoms with E-state index in [1.54, 1.807) is 31.4 Å². The van der Waals surface area contributed by atoms with Crippen molar-refractivity contribution in [2.75, 3.05) is 12.4 Å². The largest absolute Gasteiger partial charge is 0.494 e. The molecule has 1 N–H and O–H groups in total. The lowest BCUT2D eigenvalue weighted by atomic mass is 9.80. The van der Waals surface area contributed by atoms with Crippen molar-refractivity contribution in [2.24, 2.45) is 11.8 Å². The molecule has 0 saturated heterocycles. The van der Waals surface area contributed by atoms with E-state index in [9.17, 15) is 4.79 Å². The quantitative estimate of drug-likeness (QED) is 0.519. The molecule has 1 amide bonds. The summed E-state index contributed by atoms with van der Waals surface area (Å²) in [6.07, 6.45) is 6.92. The second kappa shape index (κ2) is 8.68. The summed E-state index contributed by atoms with van der Waals surface area (Å²) in [5.74, 6) is 1.96. The van der Waals surface area contributed by atoms with Gasteiger partial charge < -0.3 is 10.1 Å². The van der Waals surface area contributed by atoms with E-state index >= 15 is 0 Å². The lowest BCUT2D eigenvalue weighted by Crippen LogP contribution is -2.21. The van der Waals surface area contributed by atoms with Gasteiger partial charge >= 0.3 is 0 Å². The fourth-order valence-corrected chi connectivity index (χ4v) is 4.48. The van der Waals surface area contributed by atoms with Crippen LogP contribution in [0.15, 0.2) is 42.6 Å². The Bertz CT molecular complexity index is 1030. The fourth-order valence-electron chi connectivity index (χ4n) is 4.35. The van der Waals surface area contributed by atoms with Crippen molar-refractivity contribution < 1.29 is 9.53 Å². The van der Waals surface area contributed by atoms with E-state index in [0.717, 1.165) is 35.6 Å². The highest BCUT2D eigenvalue weighted by atomic mass is 35.5. The fraction of sp³-hybridized carbons (Fsp3) is 0.417. The minimum atomic E-state index is -0.205. The second-order valence-electron chi connectivity index (χ2n) is 8.49. The van der Waals surface area contributed by atoms with Crippen LogP contribution in [0, 0.1) is 11.8 Å². The summed E-state index contributed by atoms with van der Waals surface area (Å²) in [5.41, 5.74) is 2.05. The molecule has 1 fully saturated rings. The third-order valence-electron chi connectivity index (χ3n) is 6.26. The van der Waals surface area contributed by atoms with Crippen molar-refractivity contribution in [1.29, 1.82) is 0 Å². The third-order valence-corrected chi connectivity index (χ3v) is 6.51. The van der Waals surface area contributed by atoms with Gasteiger partial charge in [-0.2, -0.15) is 5.10 Å². The van der Waals surface area contributed by atoms with Crippen molar-refractivity contribution in [3.8, 4) is 5.75 Å². The molecule has 0 aliphatic heterocycles. The number of hydrogen-bond donors (Lipinski definition) is 1. The molecule has 5 nitrogen and oxygen atoms in total. The predicted molar refractivity (Wildman–Crippen MR) is 122 cm³/mol. The Balaban J connectivity index is 1.56. The van der Waals surface area contributed by atoms with Crippen molar-refractivity contribution in [3.05, 3.63) is 53.2 Å². The number of aromatic nitrogens is 2. The molecule has 1 aliphatic carbocycles. The van der Waals surface area contributed by atoms with Gasteiger partial charge in [0, 0.05) is 28.2 Å². The van der Waals surface area contributed by atoms with Gasteiger partial charge in [-0.1, -0.05) is 25.4 Å². The van der Waals surface area contributed by atoms with Crippen molar-refractivity contribution in [3.63, 3.8) is 0 Å². The van der Waals surface area contributed by atoms with Gasteiger partial charge in [0.15, 0.2) is 0 Å². The molecule has 0 bridgehead atoms. The molecule has 158 valence electrons. The second-order valence-corrected chi connectivity index (χ2v) is 8.93. The lowest BCUT2D eigenvalue weighted by molar-refractivity contribution is 0.102. The predicted octanol–water partition coefficient (Wildman–Crippen LogP) is 6.34. The summed E-state index contributed by atoms with van der Waals surface area (Å²) in [6, 6.07) is 11.1. The van der Waals surface area contributed by atoms with Crippen LogP contribution in [0.4, 0.5) is 5.69 Å². The third kappa shape index (κ3) is 4.31. The number of anilines is 1.